The van der Waals surface area contributed by atoms with Gasteiger partial charge in [0.05, 0.1) is 25.9 Å². The van der Waals surface area contributed by atoms with E-state index in [4.69, 9.17) is 20.3 Å². The zero-order valence-corrected chi connectivity index (χ0v) is 9.96. The van der Waals surface area contributed by atoms with Crippen molar-refractivity contribution in [3.63, 3.8) is 0 Å². The van der Waals surface area contributed by atoms with Crippen molar-refractivity contribution in [2.45, 2.75) is 12.1 Å². The number of nitrogens with two attached hydrogens (primary N) is 1. The third kappa shape index (κ3) is 3.15. The van der Waals surface area contributed by atoms with Gasteiger partial charge < -0.3 is 25.2 Å². The summed E-state index contributed by atoms with van der Waals surface area (Å²) < 4.78 is 9.89. The van der Waals surface area contributed by atoms with Gasteiger partial charge in [0.15, 0.2) is 0 Å². The number of carbonyl (C=O) groups is 2. The average molecular weight is 246 g/mol. The van der Waals surface area contributed by atoms with Gasteiger partial charge in [0.2, 0.25) is 5.91 Å². The molecule has 7 heteroatoms. The number of carboxylic acid groups (broad SMARTS) is 1. The molecule has 0 radical (unpaired) electrons. The highest BCUT2D eigenvalue weighted by molar-refractivity contribution is 5.83. The lowest BCUT2D eigenvalue weighted by atomic mass is 10.0. The minimum atomic E-state index is -0.965. The molecule has 98 valence electrons. The van der Waals surface area contributed by atoms with E-state index in [0.717, 1.165) is 0 Å². The van der Waals surface area contributed by atoms with Crippen LogP contribution in [-0.2, 0) is 19.1 Å². The molecule has 1 saturated heterocycles. The quantitative estimate of drug-likeness (QED) is 0.613. The van der Waals surface area contributed by atoms with Gasteiger partial charge in [0.1, 0.15) is 12.0 Å². The van der Waals surface area contributed by atoms with Crippen LogP contribution in [0.4, 0.5) is 0 Å². The maximum Gasteiger partial charge on any atom is 0.311 e. The summed E-state index contributed by atoms with van der Waals surface area (Å²) in [5.41, 5.74) is 5.61. The molecule has 1 fully saturated rings. The summed E-state index contributed by atoms with van der Waals surface area (Å²) in [6.45, 7) is 0.449. The summed E-state index contributed by atoms with van der Waals surface area (Å²) >= 11 is 0. The first-order valence-corrected chi connectivity index (χ1v) is 5.30. The highest BCUT2D eigenvalue weighted by Crippen LogP contribution is 2.19. The Hall–Kier alpha value is -1.18. The Morgan fingerprint density at radius 1 is 1.59 bits per heavy atom. The molecular weight excluding hydrogens is 228 g/mol. The first-order chi connectivity index (χ1) is 7.99. The first-order valence-electron chi connectivity index (χ1n) is 5.30. The molecule has 3 atom stereocenters. The molecule has 1 aliphatic heterocycles. The number of rotatable bonds is 5. The summed E-state index contributed by atoms with van der Waals surface area (Å²) in [5, 5.41) is 8.98. The Bertz CT molecular complexity index is 296. The molecule has 1 amide bonds. The van der Waals surface area contributed by atoms with Crippen LogP contribution in [0, 0.1) is 5.92 Å². The summed E-state index contributed by atoms with van der Waals surface area (Å²) in [6, 6.07) is -1.25. The molecule has 0 aliphatic carbocycles. The SMILES string of the molecule is COCC(N)C(=O)N(C)C1COCC1C(=O)O. The van der Waals surface area contributed by atoms with Crippen molar-refractivity contribution in [1.29, 1.82) is 0 Å². The predicted octanol–water partition coefficient (Wildman–Crippen LogP) is -1.48. The van der Waals surface area contributed by atoms with Crippen LogP contribution in [0.5, 0.6) is 0 Å². The van der Waals surface area contributed by atoms with Crippen LogP contribution < -0.4 is 5.73 Å². The van der Waals surface area contributed by atoms with E-state index in [9.17, 15) is 9.59 Å². The van der Waals surface area contributed by atoms with Crippen LogP contribution >= 0.6 is 0 Å². The maximum absolute atomic E-state index is 11.9. The van der Waals surface area contributed by atoms with Gasteiger partial charge in [0, 0.05) is 14.2 Å². The molecule has 7 nitrogen and oxygen atoms in total. The van der Waals surface area contributed by atoms with Gasteiger partial charge >= 0.3 is 5.97 Å². The molecule has 3 N–H and O–H groups in total. The van der Waals surface area contributed by atoms with Crippen LogP contribution in [0.15, 0.2) is 0 Å². The Balaban J connectivity index is 2.65. The largest absolute Gasteiger partial charge is 0.481 e. The van der Waals surface area contributed by atoms with Crippen molar-refractivity contribution in [3.05, 3.63) is 0 Å². The summed E-state index contributed by atoms with van der Waals surface area (Å²) in [6.07, 6.45) is 0. The lowest BCUT2D eigenvalue weighted by molar-refractivity contribution is -0.145. The number of carbonyl (C=O) groups excluding carboxylic acids is 1. The molecule has 0 bridgehead atoms. The fraction of sp³-hybridized carbons (Fsp3) is 0.800. The van der Waals surface area contributed by atoms with E-state index < -0.39 is 24.0 Å². The highest BCUT2D eigenvalue weighted by Gasteiger charge is 2.39. The molecule has 0 saturated carbocycles. The summed E-state index contributed by atoms with van der Waals surface area (Å²) in [5.74, 6) is -2.00. The Morgan fingerprint density at radius 2 is 2.24 bits per heavy atom. The number of nitrogens with zero attached hydrogens (tertiary/aromatic N) is 1. The smallest absolute Gasteiger partial charge is 0.311 e. The standard InChI is InChI=1S/C10H18N2O5/c1-12(9(13)7(11)4-16-2)8-5-17-3-6(8)10(14)15/h6-8H,3-5,11H2,1-2H3,(H,14,15). The van der Waals surface area contributed by atoms with Crippen molar-refractivity contribution in [2.75, 3.05) is 34.0 Å². The predicted molar refractivity (Wildman–Crippen MR) is 58.4 cm³/mol. The number of ether oxygens (including phenoxy) is 2. The topological polar surface area (TPSA) is 102 Å². The number of amides is 1. The van der Waals surface area contributed by atoms with Crippen molar-refractivity contribution in [3.8, 4) is 0 Å². The van der Waals surface area contributed by atoms with Gasteiger partial charge in [-0.1, -0.05) is 0 Å². The van der Waals surface area contributed by atoms with E-state index in [1.807, 2.05) is 0 Å². The molecule has 0 aromatic carbocycles. The number of carboxylic acids is 1. The molecule has 1 heterocycles. The van der Waals surface area contributed by atoms with Gasteiger partial charge in [-0.2, -0.15) is 0 Å². The summed E-state index contributed by atoms with van der Waals surface area (Å²) in [7, 11) is 2.99. The number of hydrogen-bond acceptors (Lipinski definition) is 5. The van der Waals surface area contributed by atoms with Gasteiger partial charge in [-0.05, 0) is 0 Å². The lowest BCUT2D eigenvalue weighted by Crippen LogP contribution is -2.51. The van der Waals surface area contributed by atoms with Gasteiger partial charge in [-0.3, -0.25) is 9.59 Å². The monoisotopic (exact) mass is 246 g/mol. The second-order valence-corrected chi connectivity index (χ2v) is 4.06. The summed E-state index contributed by atoms with van der Waals surface area (Å²) in [4.78, 5) is 24.2. The molecule has 1 rings (SSSR count). The van der Waals surface area contributed by atoms with Crippen molar-refractivity contribution in [1.82, 2.24) is 4.90 Å². The number of methoxy groups -OCH3 is 1. The Kier molecular flexibility index (Phi) is 4.86. The van der Waals surface area contributed by atoms with Crippen LogP contribution in [-0.4, -0.2) is 67.9 Å². The molecule has 0 aromatic rings. The normalized spacial score (nSPS) is 25.6. The van der Waals surface area contributed by atoms with E-state index >= 15 is 0 Å². The van der Waals surface area contributed by atoms with E-state index in [1.165, 1.54) is 19.1 Å². The van der Waals surface area contributed by atoms with E-state index in [2.05, 4.69) is 0 Å². The van der Waals surface area contributed by atoms with Crippen LogP contribution in [0.1, 0.15) is 0 Å². The molecule has 17 heavy (non-hydrogen) atoms. The highest BCUT2D eigenvalue weighted by atomic mass is 16.5. The van der Waals surface area contributed by atoms with Crippen LogP contribution in [0.25, 0.3) is 0 Å². The van der Waals surface area contributed by atoms with E-state index in [0.29, 0.717) is 0 Å². The number of aliphatic carboxylic acids is 1. The average Bonchev–Trinajstić information content (AvgIpc) is 2.76. The van der Waals surface area contributed by atoms with Crippen molar-refractivity contribution >= 4 is 11.9 Å². The third-order valence-electron chi connectivity index (χ3n) is 2.88. The lowest BCUT2D eigenvalue weighted by Gasteiger charge is -2.28. The molecule has 3 unspecified atom stereocenters. The molecular formula is C10H18N2O5. The molecule has 1 aliphatic rings. The maximum atomic E-state index is 11.9. The zero-order chi connectivity index (χ0) is 13.0. The second-order valence-electron chi connectivity index (χ2n) is 4.06. The number of hydrogen-bond donors (Lipinski definition) is 2. The fourth-order valence-corrected chi connectivity index (χ4v) is 1.84. The third-order valence-corrected chi connectivity index (χ3v) is 2.88. The fourth-order valence-electron chi connectivity index (χ4n) is 1.84. The van der Waals surface area contributed by atoms with E-state index in [-0.39, 0.29) is 25.7 Å². The molecule has 0 aromatic heterocycles. The minimum Gasteiger partial charge on any atom is -0.481 e. The Labute approximate surface area is 99.5 Å². The van der Waals surface area contributed by atoms with Gasteiger partial charge in [-0.15, -0.1) is 0 Å². The first kappa shape index (κ1) is 13.9. The van der Waals surface area contributed by atoms with Gasteiger partial charge in [0.25, 0.3) is 0 Å². The number of likely N-dealkylation sites (N-methyl/N-ethyl adjacent to an activating group) is 1. The Morgan fingerprint density at radius 3 is 2.76 bits per heavy atom. The van der Waals surface area contributed by atoms with Crippen molar-refractivity contribution in [2.24, 2.45) is 11.7 Å². The van der Waals surface area contributed by atoms with E-state index in [1.54, 1.807) is 0 Å². The minimum absolute atomic E-state index is 0.106. The van der Waals surface area contributed by atoms with Crippen LogP contribution in [0.2, 0.25) is 0 Å². The molecule has 0 spiro atoms. The van der Waals surface area contributed by atoms with Gasteiger partial charge in [-0.25, -0.2) is 0 Å². The van der Waals surface area contributed by atoms with Crippen LogP contribution in [0.3, 0.4) is 0 Å². The second kappa shape index (κ2) is 5.95. The zero-order valence-electron chi connectivity index (χ0n) is 9.96. The van der Waals surface area contributed by atoms with Crippen molar-refractivity contribution < 1.29 is 24.2 Å².